The van der Waals surface area contributed by atoms with Crippen molar-refractivity contribution in [2.45, 2.75) is 63.2 Å². The minimum Gasteiger partial charge on any atom is -0.369 e. The van der Waals surface area contributed by atoms with Crippen LogP contribution in [-0.2, 0) is 19.4 Å². The second-order valence-electron chi connectivity index (χ2n) is 6.60. The molecule has 2 aliphatic rings. The van der Waals surface area contributed by atoms with E-state index in [1.807, 2.05) is 6.92 Å². The van der Waals surface area contributed by atoms with Gasteiger partial charge in [-0.2, -0.15) is 0 Å². The van der Waals surface area contributed by atoms with Crippen molar-refractivity contribution in [3.63, 3.8) is 0 Å². The van der Waals surface area contributed by atoms with Gasteiger partial charge in [-0.25, -0.2) is 8.42 Å². The molecule has 0 bridgehead atoms. The highest BCUT2D eigenvalue weighted by molar-refractivity contribution is 7.92. The van der Waals surface area contributed by atoms with E-state index in [0.29, 0.717) is 13.0 Å². The molecular formula is C15H26N2O4S. The molecule has 2 fully saturated rings. The fourth-order valence-electron chi connectivity index (χ4n) is 3.47. The SMILES string of the molecule is C[C@@H]1CC[C@@H](C(N)=O)CN1C(=O)CCS(=O)(=O)C1CCCC1. The van der Waals surface area contributed by atoms with Crippen molar-refractivity contribution in [3.05, 3.63) is 0 Å². The summed E-state index contributed by atoms with van der Waals surface area (Å²) in [5.41, 5.74) is 5.33. The van der Waals surface area contributed by atoms with E-state index < -0.39 is 9.84 Å². The van der Waals surface area contributed by atoms with Gasteiger partial charge in [-0.3, -0.25) is 9.59 Å². The van der Waals surface area contributed by atoms with Crippen molar-refractivity contribution in [1.29, 1.82) is 0 Å². The number of nitrogens with zero attached hydrogens (tertiary/aromatic N) is 1. The Hall–Kier alpha value is -1.11. The monoisotopic (exact) mass is 330 g/mol. The lowest BCUT2D eigenvalue weighted by atomic mass is 9.93. The summed E-state index contributed by atoms with van der Waals surface area (Å²) in [6.45, 7) is 2.25. The van der Waals surface area contributed by atoms with Crippen molar-refractivity contribution in [1.82, 2.24) is 4.90 Å². The highest BCUT2D eigenvalue weighted by Crippen LogP contribution is 2.26. The number of primary amides is 1. The molecule has 1 saturated heterocycles. The maximum atomic E-state index is 12.3. The third kappa shape index (κ3) is 4.00. The maximum absolute atomic E-state index is 12.3. The first-order valence-corrected chi connectivity index (χ1v) is 9.83. The number of nitrogens with two attached hydrogens (primary N) is 1. The van der Waals surface area contributed by atoms with E-state index in [9.17, 15) is 18.0 Å². The van der Waals surface area contributed by atoms with Crippen molar-refractivity contribution in [2.75, 3.05) is 12.3 Å². The third-order valence-electron chi connectivity index (χ3n) is 5.02. The highest BCUT2D eigenvalue weighted by Gasteiger charge is 2.33. The number of likely N-dealkylation sites (tertiary alicyclic amines) is 1. The predicted molar refractivity (Wildman–Crippen MR) is 83.8 cm³/mol. The number of hydrogen-bond acceptors (Lipinski definition) is 4. The molecular weight excluding hydrogens is 304 g/mol. The molecule has 0 radical (unpaired) electrons. The fourth-order valence-corrected chi connectivity index (χ4v) is 5.32. The van der Waals surface area contributed by atoms with Crippen molar-refractivity contribution < 1.29 is 18.0 Å². The molecule has 0 unspecified atom stereocenters. The van der Waals surface area contributed by atoms with E-state index in [2.05, 4.69) is 0 Å². The summed E-state index contributed by atoms with van der Waals surface area (Å²) in [4.78, 5) is 25.3. The Morgan fingerprint density at radius 1 is 1.14 bits per heavy atom. The topological polar surface area (TPSA) is 97.5 Å². The number of piperidine rings is 1. The summed E-state index contributed by atoms with van der Waals surface area (Å²) in [6.07, 6.45) is 4.80. The van der Waals surface area contributed by atoms with E-state index in [-0.39, 0.29) is 41.2 Å². The van der Waals surface area contributed by atoms with Crippen LogP contribution >= 0.6 is 0 Å². The first kappa shape index (κ1) is 17.2. The van der Waals surface area contributed by atoms with Gasteiger partial charge >= 0.3 is 0 Å². The van der Waals surface area contributed by atoms with Crippen LogP contribution in [0.15, 0.2) is 0 Å². The number of carbonyl (C=O) groups excluding carboxylic acids is 2. The van der Waals surface area contributed by atoms with Crippen LogP contribution in [0.2, 0.25) is 0 Å². The van der Waals surface area contributed by atoms with Gasteiger partial charge < -0.3 is 10.6 Å². The van der Waals surface area contributed by atoms with Crippen LogP contribution in [0, 0.1) is 5.92 Å². The van der Waals surface area contributed by atoms with Gasteiger partial charge in [0.1, 0.15) is 0 Å². The van der Waals surface area contributed by atoms with Crippen LogP contribution in [0.25, 0.3) is 0 Å². The Bertz CT molecular complexity index is 526. The van der Waals surface area contributed by atoms with Gasteiger partial charge in [0.05, 0.1) is 16.9 Å². The predicted octanol–water partition coefficient (Wildman–Crippen LogP) is 0.846. The molecule has 2 rings (SSSR count). The number of amides is 2. The van der Waals surface area contributed by atoms with Gasteiger partial charge in [0.15, 0.2) is 9.84 Å². The second-order valence-corrected chi connectivity index (χ2v) is 9.00. The summed E-state index contributed by atoms with van der Waals surface area (Å²) < 4.78 is 24.5. The molecule has 0 aromatic heterocycles. The Morgan fingerprint density at radius 2 is 1.77 bits per heavy atom. The summed E-state index contributed by atoms with van der Waals surface area (Å²) in [6, 6.07) is 0.0392. The Kier molecular flexibility index (Phi) is 5.47. The summed E-state index contributed by atoms with van der Waals surface area (Å²) in [5, 5.41) is -0.266. The van der Waals surface area contributed by atoms with E-state index in [1.54, 1.807) is 4.90 Å². The molecule has 126 valence electrons. The van der Waals surface area contributed by atoms with E-state index in [1.165, 1.54) is 0 Å². The number of sulfone groups is 1. The summed E-state index contributed by atoms with van der Waals surface area (Å²) in [5.74, 6) is -0.962. The zero-order valence-electron chi connectivity index (χ0n) is 13.2. The number of hydrogen-bond donors (Lipinski definition) is 1. The summed E-state index contributed by atoms with van der Waals surface area (Å²) in [7, 11) is -3.18. The molecule has 2 N–H and O–H groups in total. The normalized spacial score (nSPS) is 27.0. The van der Waals surface area contributed by atoms with Crippen molar-refractivity contribution in [3.8, 4) is 0 Å². The van der Waals surface area contributed by atoms with E-state index in [4.69, 9.17) is 5.73 Å². The van der Waals surface area contributed by atoms with Gasteiger partial charge in [0.25, 0.3) is 0 Å². The standard InChI is InChI=1S/C15H26N2O4S/c1-11-6-7-12(15(16)19)10-17(11)14(18)8-9-22(20,21)13-4-2-3-5-13/h11-13H,2-10H2,1H3,(H2,16,19)/t11-,12-/m1/s1. The lowest BCUT2D eigenvalue weighted by molar-refractivity contribution is -0.137. The van der Waals surface area contributed by atoms with Crippen LogP contribution in [0.3, 0.4) is 0 Å². The Balaban J connectivity index is 1.91. The molecule has 1 saturated carbocycles. The lowest BCUT2D eigenvalue weighted by Gasteiger charge is -2.37. The molecule has 6 nitrogen and oxygen atoms in total. The molecule has 1 heterocycles. The molecule has 22 heavy (non-hydrogen) atoms. The van der Waals surface area contributed by atoms with Crippen LogP contribution in [0.1, 0.15) is 51.9 Å². The molecule has 1 aliphatic carbocycles. The molecule has 1 aliphatic heterocycles. The second kappa shape index (κ2) is 6.98. The van der Waals surface area contributed by atoms with E-state index >= 15 is 0 Å². The number of carbonyl (C=O) groups is 2. The minimum absolute atomic E-state index is 0.00859. The largest absolute Gasteiger partial charge is 0.369 e. The smallest absolute Gasteiger partial charge is 0.223 e. The van der Waals surface area contributed by atoms with Gasteiger partial charge in [-0.05, 0) is 32.6 Å². The maximum Gasteiger partial charge on any atom is 0.223 e. The molecule has 0 aromatic carbocycles. The average molecular weight is 330 g/mol. The van der Waals surface area contributed by atoms with Crippen LogP contribution < -0.4 is 5.73 Å². The van der Waals surface area contributed by atoms with Crippen LogP contribution in [0.5, 0.6) is 0 Å². The first-order valence-electron chi connectivity index (χ1n) is 8.11. The third-order valence-corrected chi connectivity index (χ3v) is 7.28. The number of rotatable bonds is 5. The van der Waals surface area contributed by atoms with Crippen molar-refractivity contribution >= 4 is 21.7 Å². The Labute approximate surface area is 132 Å². The fraction of sp³-hybridized carbons (Fsp3) is 0.867. The van der Waals surface area contributed by atoms with Gasteiger partial charge in [0.2, 0.25) is 11.8 Å². The van der Waals surface area contributed by atoms with E-state index in [0.717, 1.165) is 32.1 Å². The first-order chi connectivity index (χ1) is 10.3. The molecule has 0 spiro atoms. The van der Waals surface area contributed by atoms with Gasteiger partial charge in [-0.15, -0.1) is 0 Å². The van der Waals surface area contributed by atoms with Gasteiger partial charge in [-0.1, -0.05) is 12.8 Å². The van der Waals surface area contributed by atoms with Crippen molar-refractivity contribution in [2.24, 2.45) is 11.7 Å². The molecule has 7 heteroatoms. The minimum atomic E-state index is -3.18. The lowest BCUT2D eigenvalue weighted by Crippen LogP contribution is -2.49. The highest BCUT2D eigenvalue weighted by atomic mass is 32.2. The average Bonchev–Trinajstić information content (AvgIpc) is 3.00. The van der Waals surface area contributed by atoms with Crippen LogP contribution in [-0.4, -0.2) is 48.7 Å². The quantitative estimate of drug-likeness (QED) is 0.808. The Morgan fingerprint density at radius 3 is 2.36 bits per heavy atom. The zero-order valence-corrected chi connectivity index (χ0v) is 14.0. The zero-order chi connectivity index (χ0) is 16.3. The summed E-state index contributed by atoms with van der Waals surface area (Å²) >= 11 is 0. The molecule has 2 atom stereocenters. The molecule has 0 aromatic rings. The van der Waals surface area contributed by atoms with Crippen LogP contribution in [0.4, 0.5) is 0 Å². The molecule has 2 amide bonds. The van der Waals surface area contributed by atoms with Gasteiger partial charge in [0, 0.05) is 19.0 Å².